The molecule has 92 valence electrons. The highest BCUT2D eigenvalue weighted by Gasteiger charge is 2.04. The van der Waals surface area contributed by atoms with Crippen LogP contribution in [0.4, 0.5) is 0 Å². The Morgan fingerprint density at radius 1 is 1.22 bits per heavy atom. The molecular weight excluding hydrogens is 228 g/mol. The second-order valence-electron chi connectivity index (χ2n) is 3.81. The molecular formula is C14H14N2O2. The third-order valence-corrected chi connectivity index (χ3v) is 2.49. The predicted octanol–water partition coefficient (Wildman–Crippen LogP) is 2.74. The van der Waals surface area contributed by atoms with Gasteiger partial charge >= 0.3 is 0 Å². The first kappa shape index (κ1) is 12.2. The van der Waals surface area contributed by atoms with E-state index in [1.165, 1.54) is 0 Å². The van der Waals surface area contributed by atoms with E-state index < -0.39 is 0 Å². The Hall–Kier alpha value is -2.23. The number of benzene rings is 1. The monoisotopic (exact) mass is 242 g/mol. The van der Waals surface area contributed by atoms with Crippen LogP contribution in [-0.2, 0) is 0 Å². The van der Waals surface area contributed by atoms with Crippen molar-refractivity contribution in [2.45, 2.75) is 13.8 Å². The maximum absolute atomic E-state index is 11.2. The Balaban J connectivity index is 2.30. The highest BCUT2D eigenvalue weighted by molar-refractivity contribution is 5.94. The molecule has 0 radical (unpaired) electrons. The van der Waals surface area contributed by atoms with Crippen LogP contribution in [0, 0.1) is 0 Å². The third kappa shape index (κ3) is 2.71. The summed E-state index contributed by atoms with van der Waals surface area (Å²) in [5.41, 5.74) is 2.33. The van der Waals surface area contributed by atoms with Crippen molar-refractivity contribution >= 4 is 5.78 Å². The number of rotatable bonds is 4. The van der Waals surface area contributed by atoms with E-state index in [4.69, 9.17) is 4.74 Å². The van der Waals surface area contributed by atoms with Gasteiger partial charge in [-0.1, -0.05) is 24.3 Å². The molecule has 1 aromatic carbocycles. The molecule has 0 unspecified atom stereocenters. The Labute approximate surface area is 106 Å². The Morgan fingerprint density at radius 2 is 1.94 bits per heavy atom. The van der Waals surface area contributed by atoms with Crippen LogP contribution < -0.4 is 4.74 Å². The lowest BCUT2D eigenvalue weighted by molar-refractivity contribution is 0.101. The van der Waals surface area contributed by atoms with E-state index in [0.717, 1.165) is 11.3 Å². The standard InChI is InChI=1S/C14H14N2O2/c1-3-18-14-9-15-8-13(16-14)12-6-4-11(5-7-12)10(2)17/h4-9H,3H2,1-2H3. The lowest BCUT2D eigenvalue weighted by Crippen LogP contribution is -1.97. The average molecular weight is 242 g/mol. The number of carbonyl (C=O) groups is 1. The van der Waals surface area contributed by atoms with E-state index in [9.17, 15) is 4.79 Å². The van der Waals surface area contributed by atoms with Crippen LogP contribution in [0.1, 0.15) is 24.2 Å². The van der Waals surface area contributed by atoms with Gasteiger partial charge in [0.1, 0.15) is 0 Å². The van der Waals surface area contributed by atoms with Crippen LogP contribution in [0.15, 0.2) is 36.7 Å². The Morgan fingerprint density at radius 3 is 2.56 bits per heavy atom. The molecule has 4 nitrogen and oxygen atoms in total. The highest BCUT2D eigenvalue weighted by Crippen LogP contribution is 2.19. The molecule has 0 saturated heterocycles. The first-order valence-electron chi connectivity index (χ1n) is 5.77. The van der Waals surface area contributed by atoms with Crippen LogP contribution in [0.3, 0.4) is 0 Å². The van der Waals surface area contributed by atoms with E-state index in [-0.39, 0.29) is 5.78 Å². The van der Waals surface area contributed by atoms with Crippen molar-refractivity contribution < 1.29 is 9.53 Å². The lowest BCUT2D eigenvalue weighted by Gasteiger charge is -2.05. The van der Waals surface area contributed by atoms with E-state index in [1.54, 1.807) is 31.5 Å². The van der Waals surface area contributed by atoms with Crippen molar-refractivity contribution in [2.75, 3.05) is 6.61 Å². The molecule has 18 heavy (non-hydrogen) atoms. The fourth-order valence-corrected chi connectivity index (χ4v) is 1.58. The fourth-order valence-electron chi connectivity index (χ4n) is 1.58. The number of Topliss-reactive ketones (excluding diaryl/α,β-unsaturated/α-hetero) is 1. The van der Waals surface area contributed by atoms with E-state index >= 15 is 0 Å². The zero-order valence-electron chi connectivity index (χ0n) is 10.4. The number of carbonyl (C=O) groups excluding carboxylic acids is 1. The molecule has 0 spiro atoms. The molecule has 2 aromatic rings. The molecule has 0 fully saturated rings. The molecule has 1 heterocycles. The fraction of sp³-hybridized carbons (Fsp3) is 0.214. The Kier molecular flexibility index (Phi) is 3.67. The average Bonchev–Trinajstić information content (AvgIpc) is 2.39. The summed E-state index contributed by atoms with van der Waals surface area (Å²) in [6, 6.07) is 7.28. The molecule has 2 rings (SSSR count). The molecule has 0 atom stereocenters. The van der Waals surface area contributed by atoms with Gasteiger partial charge in [-0.2, -0.15) is 0 Å². The molecule has 0 bridgehead atoms. The smallest absolute Gasteiger partial charge is 0.232 e. The quantitative estimate of drug-likeness (QED) is 0.773. The third-order valence-electron chi connectivity index (χ3n) is 2.49. The lowest BCUT2D eigenvalue weighted by atomic mass is 10.1. The summed E-state index contributed by atoms with van der Waals surface area (Å²) in [6.45, 7) is 4.00. The van der Waals surface area contributed by atoms with Crippen molar-refractivity contribution in [1.29, 1.82) is 0 Å². The predicted molar refractivity (Wildman–Crippen MR) is 68.6 cm³/mol. The number of ether oxygens (including phenoxy) is 1. The van der Waals surface area contributed by atoms with Crippen LogP contribution in [0.25, 0.3) is 11.3 Å². The molecule has 0 aliphatic carbocycles. The largest absolute Gasteiger partial charge is 0.477 e. The molecule has 0 saturated carbocycles. The normalized spacial score (nSPS) is 10.1. The maximum Gasteiger partial charge on any atom is 0.232 e. The molecule has 0 aliphatic rings. The summed E-state index contributed by atoms with van der Waals surface area (Å²) < 4.78 is 5.30. The first-order valence-corrected chi connectivity index (χ1v) is 5.77. The van der Waals surface area contributed by atoms with E-state index in [0.29, 0.717) is 18.1 Å². The van der Waals surface area contributed by atoms with Crippen molar-refractivity contribution in [3.8, 4) is 17.1 Å². The summed E-state index contributed by atoms with van der Waals surface area (Å²) in [5, 5.41) is 0. The molecule has 0 amide bonds. The molecule has 4 heteroatoms. The minimum atomic E-state index is 0.0516. The van der Waals surface area contributed by atoms with Crippen LogP contribution >= 0.6 is 0 Å². The molecule has 1 aromatic heterocycles. The van der Waals surface area contributed by atoms with Crippen LogP contribution in [0.5, 0.6) is 5.88 Å². The number of aromatic nitrogens is 2. The zero-order valence-corrected chi connectivity index (χ0v) is 10.4. The minimum absolute atomic E-state index is 0.0516. The van der Waals surface area contributed by atoms with Crippen LogP contribution in [0.2, 0.25) is 0 Å². The van der Waals surface area contributed by atoms with Gasteiger partial charge in [-0.3, -0.25) is 9.78 Å². The van der Waals surface area contributed by atoms with Gasteiger partial charge in [0.25, 0.3) is 0 Å². The van der Waals surface area contributed by atoms with Crippen molar-refractivity contribution in [2.24, 2.45) is 0 Å². The summed E-state index contributed by atoms with van der Waals surface area (Å²) >= 11 is 0. The van der Waals surface area contributed by atoms with Gasteiger partial charge in [-0.15, -0.1) is 0 Å². The Bertz CT molecular complexity index is 550. The zero-order chi connectivity index (χ0) is 13.0. The number of hydrogen-bond acceptors (Lipinski definition) is 4. The van der Waals surface area contributed by atoms with Crippen molar-refractivity contribution in [3.63, 3.8) is 0 Å². The van der Waals surface area contributed by atoms with Gasteiger partial charge in [0, 0.05) is 11.1 Å². The van der Waals surface area contributed by atoms with Crippen molar-refractivity contribution in [1.82, 2.24) is 9.97 Å². The molecule has 0 N–H and O–H groups in total. The van der Waals surface area contributed by atoms with Gasteiger partial charge in [-0.05, 0) is 13.8 Å². The van der Waals surface area contributed by atoms with Gasteiger partial charge in [0.15, 0.2) is 5.78 Å². The maximum atomic E-state index is 11.2. The van der Waals surface area contributed by atoms with Gasteiger partial charge in [-0.25, -0.2) is 4.98 Å². The SMILES string of the molecule is CCOc1cncc(-c2ccc(C(C)=O)cc2)n1. The van der Waals surface area contributed by atoms with Gasteiger partial charge < -0.3 is 4.74 Å². The van der Waals surface area contributed by atoms with E-state index in [1.807, 2.05) is 19.1 Å². The topological polar surface area (TPSA) is 52.1 Å². The first-order chi connectivity index (χ1) is 8.70. The van der Waals surface area contributed by atoms with Gasteiger partial charge in [0.05, 0.1) is 24.7 Å². The summed E-state index contributed by atoms with van der Waals surface area (Å²) in [5.74, 6) is 0.557. The van der Waals surface area contributed by atoms with Crippen molar-refractivity contribution in [3.05, 3.63) is 42.2 Å². The van der Waals surface area contributed by atoms with Gasteiger partial charge in [0.2, 0.25) is 5.88 Å². The summed E-state index contributed by atoms with van der Waals surface area (Å²) in [6.07, 6.45) is 3.25. The number of hydrogen-bond donors (Lipinski definition) is 0. The second kappa shape index (κ2) is 5.40. The summed E-state index contributed by atoms with van der Waals surface area (Å²) in [4.78, 5) is 19.6. The number of ketones is 1. The summed E-state index contributed by atoms with van der Waals surface area (Å²) in [7, 11) is 0. The molecule has 0 aliphatic heterocycles. The van der Waals surface area contributed by atoms with E-state index in [2.05, 4.69) is 9.97 Å². The highest BCUT2D eigenvalue weighted by atomic mass is 16.5. The van der Waals surface area contributed by atoms with Crippen LogP contribution in [-0.4, -0.2) is 22.4 Å². The minimum Gasteiger partial charge on any atom is -0.477 e. The second-order valence-corrected chi connectivity index (χ2v) is 3.81. The number of nitrogens with zero attached hydrogens (tertiary/aromatic N) is 2.